The van der Waals surface area contributed by atoms with Crippen molar-refractivity contribution in [2.45, 2.75) is 46.6 Å². The number of halogens is 1. The van der Waals surface area contributed by atoms with Crippen molar-refractivity contribution in [3.05, 3.63) is 48.1 Å². The second-order valence-corrected chi connectivity index (χ2v) is 6.73. The number of hydrogen-bond acceptors (Lipinski definition) is 3. The minimum Gasteiger partial charge on any atom is -0.435 e. The van der Waals surface area contributed by atoms with Crippen LogP contribution < -0.4 is 4.90 Å². The van der Waals surface area contributed by atoms with Gasteiger partial charge in [-0.1, -0.05) is 26.0 Å². The summed E-state index contributed by atoms with van der Waals surface area (Å²) in [7, 11) is 0. The number of aryl methyl sites for hydroxylation is 1. The van der Waals surface area contributed by atoms with E-state index < -0.39 is 0 Å². The molecule has 24 heavy (non-hydrogen) atoms. The monoisotopic (exact) mass is 326 g/mol. The predicted molar refractivity (Wildman–Crippen MR) is 98.2 cm³/mol. The summed E-state index contributed by atoms with van der Waals surface area (Å²) >= 11 is 0. The number of furan rings is 1. The Labute approximate surface area is 141 Å². The number of aromatic nitrogens is 1. The molecule has 3 nitrogen and oxygen atoms in total. The molecule has 0 amide bonds. The van der Waals surface area contributed by atoms with Crippen molar-refractivity contribution in [2.75, 3.05) is 4.90 Å². The van der Waals surface area contributed by atoms with Crippen LogP contribution in [-0.4, -0.2) is 11.0 Å². The molecule has 4 heteroatoms. The van der Waals surface area contributed by atoms with E-state index in [1.807, 2.05) is 43.9 Å². The lowest BCUT2D eigenvalue weighted by molar-refractivity contribution is 0.642. The highest BCUT2D eigenvalue weighted by atomic mass is 19.1. The zero-order valence-electron chi connectivity index (χ0n) is 14.8. The van der Waals surface area contributed by atoms with E-state index in [-0.39, 0.29) is 6.04 Å². The fraction of sp³-hybridized carbons (Fsp3) is 0.350. The van der Waals surface area contributed by atoms with Crippen LogP contribution in [0.2, 0.25) is 0 Å². The smallest absolute Gasteiger partial charge is 0.227 e. The van der Waals surface area contributed by atoms with Crippen LogP contribution in [0.15, 0.2) is 41.2 Å². The molecule has 1 aromatic carbocycles. The Kier molecular flexibility index (Phi) is 4.31. The maximum atomic E-state index is 12.9. The first-order chi connectivity index (χ1) is 11.4. The average Bonchev–Trinajstić information content (AvgIpc) is 2.90. The number of hydrogen-bond donors (Lipinski definition) is 0. The Morgan fingerprint density at radius 1 is 1.08 bits per heavy atom. The maximum absolute atomic E-state index is 12.9. The molecule has 2 heterocycles. The molecule has 0 bridgehead atoms. The molecule has 0 aliphatic heterocycles. The van der Waals surface area contributed by atoms with Crippen molar-refractivity contribution < 1.29 is 8.81 Å². The van der Waals surface area contributed by atoms with Gasteiger partial charge in [-0.3, -0.25) is 0 Å². The number of fused-ring (bicyclic) bond motifs is 3. The zero-order valence-corrected chi connectivity index (χ0v) is 14.8. The molecule has 0 saturated heterocycles. The first-order valence-electron chi connectivity index (χ1n) is 8.32. The molecule has 3 rings (SSSR count). The molecule has 0 saturated carbocycles. The molecule has 0 aliphatic carbocycles. The Morgan fingerprint density at radius 2 is 1.79 bits per heavy atom. The van der Waals surface area contributed by atoms with E-state index in [1.54, 1.807) is 0 Å². The molecular weight excluding hydrogens is 303 g/mol. The van der Waals surface area contributed by atoms with E-state index in [1.165, 1.54) is 6.20 Å². The summed E-state index contributed by atoms with van der Waals surface area (Å²) in [5, 5.41) is 2.00. The van der Waals surface area contributed by atoms with Crippen LogP contribution in [-0.2, 0) is 0 Å². The van der Waals surface area contributed by atoms with E-state index in [9.17, 15) is 4.39 Å². The molecule has 0 atom stereocenters. The summed E-state index contributed by atoms with van der Waals surface area (Å²) in [6.45, 7) is 10.3. The Morgan fingerprint density at radius 3 is 2.42 bits per heavy atom. The second-order valence-electron chi connectivity index (χ2n) is 6.73. The molecule has 0 unspecified atom stereocenters. The van der Waals surface area contributed by atoms with Gasteiger partial charge in [0.2, 0.25) is 5.71 Å². The lowest BCUT2D eigenvalue weighted by Gasteiger charge is -2.26. The predicted octanol–water partition coefficient (Wildman–Crippen LogP) is 6.07. The number of pyridine rings is 1. The molecule has 2 aromatic heterocycles. The third kappa shape index (κ3) is 2.66. The minimum atomic E-state index is 0.105. The van der Waals surface area contributed by atoms with E-state index in [2.05, 4.69) is 24.9 Å². The Balaban J connectivity index is 2.33. The first kappa shape index (κ1) is 16.5. The van der Waals surface area contributed by atoms with Gasteiger partial charge in [-0.15, -0.1) is 0 Å². The second kappa shape index (κ2) is 6.27. The van der Waals surface area contributed by atoms with Gasteiger partial charge < -0.3 is 9.32 Å². The van der Waals surface area contributed by atoms with Crippen LogP contribution in [0.3, 0.4) is 0 Å². The van der Waals surface area contributed by atoms with Gasteiger partial charge in [0.15, 0.2) is 5.58 Å². The molecule has 0 N–H and O–H groups in total. The maximum Gasteiger partial charge on any atom is 0.227 e. The summed E-state index contributed by atoms with van der Waals surface area (Å²) in [6.07, 6.45) is 2.02. The highest BCUT2D eigenvalue weighted by Crippen LogP contribution is 2.38. The summed E-state index contributed by atoms with van der Waals surface area (Å²) in [5.41, 5.74) is 4.32. The van der Waals surface area contributed by atoms with Gasteiger partial charge in [-0.25, -0.2) is 9.37 Å². The van der Waals surface area contributed by atoms with E-state index in [0.717, 1.165) is 33.3 Å². The van der Waals surface area contributed by atoms with Crippen molar-refractivity contribution in [3.8, 4) is 0 Å². The number of anilines is 1. The summed E-state index contributed by atoms with van der Waals surface area (Å²) < 4.78 is 19.0. The van der Waals surface area contributed by atoms with Crippen molar-refractivity contribution in [1.29, 1.82) is 0 Å². The van der Waals surface area contributed by atoms with Crippen molar-refractivity contribution in [3.63, 3.8) is 0 Å². The molecule has 0 spiro atoms. The van der Waals surface area contributed by atoms with Crippen molar-refractivity contribution >= 4 is 27.8 Å². The molecular formula is C20H23FN2O. The SMILES string of the molecule is Cc1ccc2c(oc3nc(C(C)C)ccc32)c1N(/C=C\F)C(C)C. The van der Waals surface area contributed by atoms with E-state index in [0.29, 0.717) is 18.0 Å². The normalized spacial score (nSPS) is 12.3. The molecule has 0 fully saturated rings. The Bertz CT molecular complexity index is 909. The molecule has 0 aliphatic rings. The van der Waals surface area contributed by atoms with Crippen molar-refractivity contribution in [2.24, 2.45) is 0 Å². The largest absolute Gasteiger partial charge is 0.435 e. The number of rotatable bonds is 4. The van der Waals surface area contributed by atoms with Crippen molar-refractivity contribution in [1.82, 2.24) is 4.98 Å². The number of benzene rings is 1. The molecule has 0 radical (unpaired) electrons. The van der Waals surface area contributed by atoms with Gasteiger partial charge in [-0.2, -0.15) is 0 Å². The molecule has 126 valence electrons. The third-order valence-corrected chi connectivity index (χ3v) is 4.33. The van der Waals surface area contributed by atoms with E-state index >= 15 is 0 Å². The highest BCUT2D eigenvalue weighted by molar-refractivity contribution is 6.08. The summed E-state index contributed by atoms with van der Waals surface area (Å²) in [6, 6.07) is 8.31. The van der Waals surface area contributed by atoms with E-state index in [4.69, 9.17) is 4.42 Å². The fourth-order valence-electron chi connectivity index (χ4n) is 3.03. The Hall–Kier alpha value is -2.36. The first-order valence-corrected chi connectivity index (χ1v) is 8.32. The lowest BCUT2D eigenvalue weighted by Crippen LogP contribution is -2.25. The van der Waals surface area contributed by atoms with Gasteiger partial charge in [-0.05, 0) is 44.4 Å². The van der Waals surface area contributed by atoms with Crippen LogP contribution in [0.25, 0.3) is 22.1 Å². The van der Waals surface area contributed by atoms with Gasteiger partial charge in [0, 0.05) is 28.7 Å². The van der Waals surface area contributed by atoms with Gasteiger partial charge in [0.25, 0.3) is 0 Å². The summed E-state index contributed by atoms with van der Waals surface area (Å²) in [5.74, 6) is 0.338. The van der Waals surface area contributed by atoms with Crippen LogP contribution in [0.5, 0.6) is 0 Å². The number of nitrogens with zero attached hydrogens (tertiary/aromatic N) is 2. The fourth-order valence-corrected chi connectivity index (χ4v) is 3.03. The minimum absolute atomic E-state index is 0.105. The molecule has 3 aromatic rings. The van der Waals surface area contributed by atoms with Gasteiger partial charge in [0.05, 0.1) is 5.69 Å². The van der Waals surface area contributed by atoms with Crippen LogP contribution in [0.4, 0.5) is 10.1 Å². The van der Waals surface area contributed by atoms with Crippen LogP contribution in [0.1, 0.15) is 44.9 Å². The topological polar surface area (TPSA) is 29.3 Å². The summed E-state index contributed by atoms with van der Waals surface area (Å²) in [4.78, 5) is 6.55. The zero-order chi connectivity index (χ0) is 17.4. The quantitative estimate of drug-likeness (QED) is 0.583. The van der Waals surface area contributed by atoms with Crippen LogP contribution in [0, 0.1) is 6.92 Å². The standard InChI is InChI=1S/C20H23FN2O/c1-12(2)17-9-8-16-15-7-6-14(5)18(19(15)24-20(16)22-17)23(11-10-21)13(3)4/h6-13H,1-5H3/b11-10-. The lowest BCUT2D eigenvalue weighted by atomic mass is 10.1. The highest BCUT2D eigenvalue weighted by Gasteiger charge is 2.20. The van der Waals surface area contributed by atoms with Crippen LogP contribution >= 0.6 is 0 Å². The van der Waals surface area contributed by atoms with Gasteiger partial charge in [0.1, 0.15) is 6.33 Å². The van der Waals surface area contributed by atoms with Gasteiger partial charge >= 0.3 is 0 Å². The third-order valence-electron chi connectivity index (χ3n) is 4.33. The average molecular weight is 326 g/mol.